The van der Waals surface area contributed by atoms with Crippen molar-refractivity contribution in [3.05, 3.63) is 107 Å². The van der Waals surface area contributed by atoms with Gasteiger partial charge < -0.3 is 0 Å². The number of aryl methyl sites for hydroxylation is 2. The number of fused-ring (bicyclic) bond motifs is 1. The molecule has 0 amide bonds. The molecule has 0 heterocycles. The van der Waals surface area contributed by atoms with E-state index in [1.807, 2.05) is 61.5 Å². The second-order valence-corrected chi connectivity index (χ2v) is 7.78. The molecular weight excluding hydrogens is 367 g/mol. The van der Waals surface area contributed by atoms with E-state index in [9.17, 15) is 0 Å². The zero-order valence-electron chi connectivity index (χ0n) is 17.5. The molecule has 0 N–H and O–H groups in total. The van der Waals surface area contributed by atoms with Crippen LogP contribution in [0.3, 0.4) is 0 Å². The van der Waals surface area contributed by atoms with Crippen LogP contribution in [-0.2, 0) is 6.42 Å². The molecule has 0 aromatic heterocycles. The number of halogens is 1. The topological polar surface area (TPSA) is 0 Å². The fourth-order valence-electron chi connectivity index (χ4n) is 3.61. The monoisotopic (exact) mass is 392 g/mol. The minimum absolute atomic E-state index is 0.182. The largest absolute Gasteiger partial charge is 0.206 e. The van der Waals surface area contributed by atoms with E-state index in [0.29, 0.717) is 10.9 Å². The minimum atomic E-state index is -0.182. The molecule has 0 aliphatic heterocycles. The average molecular weight is 393 g/mol. The third kappa shape index (κ3) is 4.44. The van der Waals surface area contributed by atoms with Gasteiger partial charge in [-0.1, -0.05) is 85.3 Å². The number of rotatable bonds is 4. The first-order valence-electron chi connectivity index (χ1n) is 10.5. The third-order valence-corrected chi connectivity index (χ3v) is 5.44. The lowest BCUT2D eigenvalue weighted by molar-refractivity contribution is 0.643. The van der Waals surface area contributed by atoms with Crippen molar-refractivity contribution >= 4 is 10.8 Å². The maximum absolute atomic E-state index is 15.1. The highest BCUT2D eigenvalue weighted by atomic mass is 19.1. The first-order valence-corrected chi connectivity index (χ1v) is 10.5. The Kier molecular flexibility index (Phi) is 5.96. The lowest BCUT2D eigenvalue weighted by Gasteiger charge is -2.08. The van der Waals surface area contributed by atoms with Gasteiger partial charge in [0.1, 0.15) is 5.82 Å². The smallest absolute Gasteiger partial charge is 0.138 e. The fraction of sp³-hybridized carbons (Fsp3) is 0.172. The van der Waals surface area contributed by atoms with Crippen molar-refractivity contribution in [2.24, 2.45) is 0 Å². The minimum Gasteiger partial charge on any atom is -0.206 e. The van der Waals surface area contributed by atoms with Crippen LogP contribution in [0.2, 0.25) is 0 Å². The maximum atomic E-state index is 15.1. The Balaban J connectivity index is 1.59. The molecule has 30 heavy (non-hydrogen) atoms. The van der Waals surface area contributed by atoms with Crippen molar-refractivity contribution in [3.8, 4) is 23.0 Å². The Bertz CT molecular complexity index is 1220. The van der Waals surface area contributed by atoms with E-state index in [0.717, 1.165) is 28.5 Å². The molecule has 0 spiro atoms. The Labute approximate surface area is 178 Å². The first-order chi connectivity index (χ1) is 14.6. The van der Waals surface area contributed by atoms with E-state index in [-0.39, 0.29) is 5.82 Å². The molecule has 0 radical (unpaired) electrons. The highest BCUT2D eigenvalue weighted by molar-refractivity contribution is 5.89. The van der Waals surface area contributed by atoms with Crippen molar-refractivity contribution in [1.82, 2.24) is 0 Å². The second-order valence-electron chi connectivity index (χ2n) is 7.78. The lowest BCUT2D eigenvalue weighted by Crippen LogP contribution is -1.88. The van der Waals surface area contributed by atoms with E-state index in [1.54, 1.807) is 0 Å². The van der Waals surface area contributed by atoms with E-state index >= 15 is 4.39 Å². The van der Waals surface area contributed by atoms with Crippen LogP contribution < -0.4 is 0 Å². The van der Waals surface area contributed by atoms with Crippen LogP contribution in [0.25, 0.3) is 21.9 Å². The van der Waals surface area contributed by atoms with Crippen LogP contribution >= 0.6 is 0 Å². The van der Waals surface area contributed by atoms with Crippen LogP contribution in [0.15, 0.2) is 78.9 Å². The number of benzene rings is 4. The SMILES string of the molecule is CCCCc1ccc(C#Cc2ccc3c(F)c(-c4ccc(C)cc4)ccc3c2)cc1. The summed E-state index contributed by atoms with van der Waals surface area (Å²) < 4.78 is 15.1. The summed E-state index contributed by atoms with van der Waals surface area (Å²) in [6, 6.07) is 25.9. The van der Waals surface area contributed by atoms with E-state index < -0.39 is 0 Å². The molecule has 4 rings (SSSR count). The van der Waals surface area contributed by atoms with Gasteiger partial charge >= 0.3 is 0 Å². The van der Waals surface area contributed by atoms with Crippen LogP contribution in [0.4, 0.5) is 4.39 Å². The standard InChI is InChI=1S/C29H25F/c1-3-4-5-22-8-10-23(11-9-22)12-13-24-14-18-28-26(20-24)17-19-27(29(28)30)25-15-6-21(2)7-16-25/h6-11,14-20H,3-5H2,1-2H3. The highest BCUT2D eigenvalue weighted by Gasteiger charge is 2.09. The molecule has 4 aromatic rings. The summed E-state index contributed by atoms with van der Waals surface area (Å²) in [5.41, 5.74) is 5.93. The molecule has 0 nitrogen and oxygen atoms in total. The molecule has 0 aliphatic carbocycles. The molecule has 0 aliphatic rings. The lowest BCUT2D eigenvalue weighted by atomic mass is 9.98. The molecule has 0 fully saturated rings. The normalized spacial score (nSPS) is 10.6. The van der Waals surface area contributed by atoms with Crippen molar-refractivity contribution in [1.29, 1.82) is 0 Å². The van der Waals surface area contributed by atoms with Gasteiger partial charge in [-0.15, -0.1) is 0 Å². The second kappa shape index (κ2) is 8.97. The van der Waals surface area contributed by atoms with Gasteiger partial charge in [0.15, 0.2) is 0 Å². The Hall–Kier alpha value is -3.37. The van der Waals surface area contributed by atoms with Gasteiger partial charge in [0.05, 0.1) is 0 Å². The predicted octanol–water partition coefficient (Wildman–Crippen LogP) is 7.70. The van der Waals surface area contributed by atoms with Crippen molar-refractivity contribution in [2.45, 2.75) is 33.1 Å². The molecule has 0 unspecified atom stereocenters. The van der Waals surface area contributed by atoms with Crippen molar-refractivity contribution < 1.29 is 4.39 Å². The van der Waals surface area contributed by atoms with E-state index in [4.69, 9.17) is 0 Å². The summed E-state index contributed by atoms with van der Waals surface area (Å²) in [6.07, 6.45) is 3.53. The number of hydrogen-bond acceptors (Lipinski definition) is 0. The molecule has 0 bridgehead atoms. The quantitative estimate of drug-likeness (QED) is 0.312. The summed E-state index contributed by atoms with van der Waals surface area (Å²) in [5, 5.41) is 1.49. The van der Waals surface area contributed by atoms with Crippen LogP contribution in [0, 0.1) is 24.6 Å². The molecule has 148 valence electrons. The molecular formula is C29H25F. The Morgan fingerprint density at radius 3 is 2.20 bits per heavy atom. The van der Waals surface area contributed by atoms with Gasteiger partial charge in [-0.3, -0.25) is 0 Å². The molecule has 4 aromatic carbocycles. The summed E-state index contributed by atoms with van der Waals surface area (Å²) in [6.45, 7) is 4.24. The summed E-state index contributed by atoms with van der Waals surface area (Å²) >= 11 is 0. The summed E-state index contributed by atoms with van der Waals surface area (Å²) in [4.78, 5) is 0. The van der Waals surface area contributed by atoms with Crippen LogP contribution in [-0.4, -0.2) is 0 Å². The maximum Gasteiger partial charge on any atom is 0.138 e. The molecule has 0 atom stereocenters. The van der Waals surface area contributed by atoms with Gasteiger partial charge in [-0.05, 0) is 60.5 Å². The van der Waals surface area contributed by atoms with E-state index in [2.05, 4.69) is 43.0 Å². The zero-order chi connectivity index (χ0) is 20.9. The molecule has 0 saturated carbocycles. The van der Waals surface area contributed by atoms with Gasteiger partial charge in [0.2, 0.25) is 0 Å². The van der Waals surface area contributed by atoms with Gasteiger partial charge in [-0.25, -0.2) is 4.39 Å². The summed E-state index contributed by atoms with van der Waals surface area (Å²) in [5.74, 6) is 6.26. The van der Waals surface area contributed by atoms with Crippen molar-refractivity contribution in [3.63, 3.8) is 0 Å². The molecule has 1 heteroatoms. The predicted molar refractivity (Wildman–Crippen MR) is 125 cm³/mol. The fourth-order valence-corrected chi connectivity index (χ4v) is 3.61. The number of unbranched alkanes of at least 4 members (excludes halogenated alkanes) is 1. The van der Waals surface area contributed by atoms with Gasteiger partial charge in [0, 0.05) is 22.1 Å². The van der Waals surface area contributed by atoms with Crippen LogP contribution in [0.1, 0.15) is 42.0 Å². The summed E-state index contributed by atoms with van der Waals surface area (Å²) in [7, 11) is 0. The van der Waals surface area contributed by atoms with Crippen LogP contribution in [0.5, 0.6) is 0 Å². The Morgan fingerprint density at radius 1 is 0.767 bits per heavy atom. The van der Waals surface area contributed by atoms with Gasteiger partial charge in [0.25, 0.3) is 0 Å². The first kappa shape index (κ1) is 19.9. The van der Waals surface area contributed by atoms with E-state index in [1.165, 1.54) is 24.0 Å². The Morgan fingerprint density at radius 2 is 1.47 bits per heavy atom. The van der Waals surface area contributed by atoms with Crippen molar-refractivity contribution in [2.75, 3.05) is 0 Å². The van der Waals surface area contributed by atoms with Gasteiger partial charge in [-0.2, -0.15) is 0 Å². The highest BCUT2D eigenvalue weighted by Crippen LogP contribution is 2.29. The third-order valence-electron chi connectivity index (χ3n) is 5.44. The number of hydrogen-bond donors (Lipinski definition) is 0. The average Bonchev–Trinajstić information content (AvgIpc) is 2.78. The molecule has 0 saturated heterocycles. The zero-order valence-corrected chi connectivity index (χ0v) is 17.5.